The zero-order chi connectivity index (χ0) is 22.1. The second-order valence-corrected chi connectivity index (χ2v) is 7.30. The first kappa shape index (κ1) is 19.4. The van der Waals surface area contributed by atoms with Crippen molar-refractivity contribution in [3.05, 3.63) is 78.2 Å². The molecule has 9 heteroatoms. The van der Waals surface area contributed by atoms with Crippen molar-refractivity contribution in [1.82, 2.24) is 29.8 Å². The van der Waals surface area contributed by atoms with E-state index in [4.69, 9.17) is 15.8 Å². The quantitative estimate of drug-likeness (QED) is 0.393. The molecule has 0 saturated carbocycles. The number of rotatable bonds is 5. The molecule has 158 valence electrons. The summed E-state index contributed by atoms with van der Waals surface area (Å²) in [5.74, 6) is 1.01. The van der Waals surface area contributed by atoms with E-state index < -0.39 is 6.09 Å². The molecule has 4 N–H and O–H groups in total. The number of hydrogen-bond acceptors (Lipinski definition) is 6. The van der Waals surface area contributed by atoms with Gasteiger partial charge in [-0.15, -0.1) is 0 Å². The molecule has 0 aliphatic heterocycles. The van der Waals surface area contributed by atoms with Gasteiger partial charge in [0.05, 0.1) is 17.2 Å². The number of nitrogens with zero attached hydrogens (tertiary/aromatic N) is 5. The molecule has 0 aliphatic rings. The van der Waals surface area contributed by atoms with Crippen LogP contribution < -0.4 is 11.1 Å². The molecule has 0 fully saturated rings. The molecule has 32 heavy (non-hydrogen) atoms. The lowest BCUT2D eigenvalue weighted by Crippen LogP contribution is -2.19. The van der Waals surface area contributed by atoms with Crippen molar-refractivity contribution in [3.8, 4) is 11.5 Å². The number of nitrogens with one attached hydrogen (secondary N) is 1. The lowest BCUT2D eigenvalue weighted by atomic mass is 10.1. The summed E-state index contributed by atoms with van der Waals surface area (Å²) in [5.41, 5.74) is 11.1. The summed E-state index contributed by atoms with van der Waals surface area (Å²) in [5, 5.41) is 12.1. The highest BCUT2D eigenvalue weighted by Gasteiger charge is 2.19. The van der Waals surface area contributed by atoms with Crippen LogP contribution in [0, 0.1) is 0 Å². The molecule has 9 nitrogen and oxygen atoms in total. The molecule has 0 radical (unpaired) electrons. The second-order valence-electron chi connectivity index (χ2n) is 7.30. The van der Waals surface area contributed by atoms with Crippen LogP contribution in [0.5, 0.6) is 0 Å². The van der Waals surface area contributed by atoms with Crippen molar-refractivity contribution < 1.29 is 9.90 Å². The number of para-hydroxylation sites is 1. The van der Waals surface area contributed by atoms with Gasteiger partial charge >= 0.3 is 6.09 Å². The van der Waals surface area contributed by atoms with Crippen molar-refractivity contribution in [2.45, 2.75) is 13.1 Å². The molecule has 5 rings (SSSR count). The van der Waals surface area contributed by atoms with Crippen LogP contribution in [0.4, 0.5) is 10.6 Å². The highest BCUT2D eigenvalue weighted by Crippen LogP contribution is 2.32. The predicted molar refractivity (Wildman–Crippen MR) is 121 cm³/mol. The largest absolute Gasteiger partial charge is 0.465 e. The second kappa shape index (κ2) is 7.95. The maximum atomic E-state index is 10.7. The number of carboxylic acid groups (broad SMARTS) is 1. The topological polar surface area (TPSA) is 132 Å². The van der Waals surface area contributed by atoms with E-state index in [2.05, 4.69) is 24.8 Å². The van der Waals surface area contributed by atoms with E-state index in [9.17, 15) is 4.79 Å². The monoisotopic (exact) mass is 425 g/mol. The standard InChI is InChI=1S/C23H19N7O2/c24-21-19-20(16-3-1-2-4-17(16)28-21)30(22(29-19)18-12-25-9-10-26-18)13-15-7-5-14(6-8-15)11-27-23(31)32/h1-10,12,27H,11,13H2,(H2,24,28)(H,31,32). The number of nitrogens with two attached hydrogens (primary N) is 1. The molecule has 0 spiro atoms. The Hall–Kier alpha value is -4.53. The number of anilines is 1. The Bertz CT molecular complexity index is 1430. The van der Waals surface area contributed by atoms with Crippen LogP contribution in [0.15, 0.2) is 67.1 Å². The maximum Gasteiger partial charge on any atom is 0.404 e. The summed E-state index contributed by atoms with van der Waals surface area (Å²) >= 11 is 0. The molecule has 0 atom stereocenters. The number of imidazole rings is 1. The third-order valence-electron chi connectivity index (χ3n) is 5.21. The van der Waals surface area contributed by atoms with Crippen LogP contribution >= 0.6 is 0 Å². The number of fused-ring (bicyclic) bond motifs is 3. The van der Waals surface area contributed by atoms with Crippen molar-refractivity contribution in [2.75, 3.05) is 5.73 Å². The molecular weight excluding hydrogens is 406 g/mol. The average molecular weight is 425 g/mol. The van der Waals surface area contributed by atoms with Crippen LogP contribution in [-0.2, 0) is 13.1 Å². The summed E-state index contributed by atoms with van der Waals surface area (Å²) in [7, 11) is 0. The van der Waals surface area contributed by atoms with Gasteiger partial charge in [0.1, 0.15) is 11.2 Å². The van der Waals surface area contributed by atoms with Gasteiger partial charge in [-0.25, -0.2) is 19.7 Å². The highest BCUT2D eigenvalue weighted by atomic mass is 16.4. The summed E-state index contributed by atoms with van der Waals surface area (Å²) in [6, 6.07) is 15.6. The lowest BCUT2D eigenvalue weighted by Gasteiger charge is -2.11. The minimum Gasteiger partial charge on any atom is -0.465 e. The summed E-state index contributed by atoms with van der Waals surface area (Å²) < 4.78 is 2.07. The Balaban J connectivity index is 1.66. The molecule has 0 aliphatic carbocycles. The van der Waals surface area contributed by atoms with Crippen molar-refractivity contribution in [3.63, 3.8) is 0 Å². The van der Waals surface area contributed by atoms with E-state index in [-0.39, 0.29) is 6.54 Å². The SMILES string of the molecule is Nc1nc2ccccc2c2c1nc(-c1cnccn1)n2Cc1ccc(CNC(=O)O)cc1. The summed E-state index contributed by atoms with van der Waals surface area (Å²) in [4.78, 5) is 28.7. The average Bonchev–Trinajstić information content (AvgIpc) is 3.19. The van der Waals surface area contributed by atoms with Crippen molar-refractivity contribution in [2.24, 2.45) is 0 Å². The first-order chi connectivity index (χ1) is 15.6. The number of benzene rings is 2. The molecule has 3 heterocycles. The molecular formula is C23H19N7O2. The van der Waals surface area contributed by atoms with Gasteiger partial charge in [-0.1, -0.05) is 42.5 Å². The van der Waals surface area contributed by atoms with Gasteiger partial charge in [-0.2, -0.15) is 0 Å². The predicted octanol–water partition coefficient (Wildman–Crippen LogP) is 3.44. The van der Waals surface area contributed by atoms with Crippen molar-refractivity contribution in [1.29, 1.82) is 0 Å². The fourth-order valence-electron chi connectivity index (χ4n) is 3.75. The summed E-state index contributed by atoms with van der Waals surface area (Å²) in [6.45, 7) is 0.768. The molecule has 0 bridgehead atoms. The first-order valence-electron chi connectivity index (χ1n) is 9.95. The molecule has 2 aromatic carbocycles. The molecule has 0 unspecified atom stereocenters. The Kier molecular flexibility index (Phi) is 4.83. The summed E-state index contributed by atoms with van der Waals surface area (Å²) in [6.07, 6.45) is 3.87. The molecule has 3 aromatic heterocycles. The Labute approximate surface area is 182 Å². The fourth-order valence-corrected chi connectivity index (χ4v) is 3.75. The molecule has 1 amide bonds. The highest BCUT2D eigenvalue weighted by molar-refractivity contribution is 6.07. The first-order valence-corrected chi connectivity index (χ1v) is 9.95. The zero-order valence-corrected chi connectivity index (χ0v) is 16.9. The number of pyridine rings is 1. The smallest absolute Gasteiger partial charge is 0.404 e. The van der Waals surface area contributed by atoms with Gasteiger partial charge in [0.25, 0.3) is 0 Å². The third-order valence-corrected chi connectivity index (χ3v) is 5.21. The Morgan fingerprint density at radius 2 is 1.81 bits per heavy atom. The van der Waals surface area contributed by atoms with Gasteiger partial charge in [0.15, 0.2) is 11.6 Å². The van der Waals surface area contributed by atoms with Crippen LogP contribution in [0.3, 0.4) is 0 Å². The zero-order valence-electron chi connectivity index (χ0n) is 16.9. The van der Waals surface area contributed by atoms with E-state index in [0.717, 1.165) is 27.5 Å². The van der Waals surface area contributed by atoms with Gasteiger partial charge in [0, 0.05) is 30.9 Å². The van der Waals surface area contributed by atoms with Gasteiger partial charge < -0.3 is 20.7 Å². The number of amides is 1. The minimum atomic E-state index is -1.05. The van der Waals surface area contributed by atoms with E-state index in [1.807, 2.05) is 48.5 Å². The molecule has 5 aromatic rings. The molecule has 0 saturated heterocycles. The Morgan fingerprint density at radius 3 is 2.56 bits per heavy atom. The van der Waals surface area contributed by atoms with Gasteiger partial charge in [0.2, 0.25) is 0 Å². The van der Waals surface area contributed by atoms with E-state index >= 15 is 0 Å². The van der Waals surface area contributed by atoms with Crippen LogP contribution in [0.2, 0.25) is 0 Å². The van der Waals surface area contributed by atoms with Gasteiger partial charge in [-0.3, -0.25) is 4.98 Å². The van der Waals surface area contributed by atoms with Crippen LogP contribution in [-0.4, -0.2) is 35.7 Å². The van der Waals surface area contributed by atoms with Crippen LogP contribution in [0.25, 0.3) is 33.5 Å². The Morgan fingerprint density at radius 1 is 1.03 bits per heavy atom. The van der Waals surface area contributed by atoms with E-state index in [1.165, 1.54) is 0 Å². The van der Waals surface area contributed by atoms with Gasteiger partial charge in [-0.05, 0) is 17.2 Å². The van der Waals surface area contributed by atoms with E-state index in [0.29, 0.717) is 29.4 Å². The fraction of sp³-hybridized carbons (Fsp3) is 0.0870. The van der Waals surface area contributed by atoms with E-state index in [1.54, 1.807) is 18.6 Å². The van der Waals surface area contributed by atoms with Crippen molar-refractivity contribution >= 4 is 33.8 Å². The number of aromatic nitrogens is 5. The third kappa shape index (κ3) is 3.56. The minimum absolute atomic E-state index is 0.251. The lowest BCUT2D eigenvalue weighted by molar-refractivity contribution is 0.194. The number of carbonyl (C=O) groups is 1. The maximum absolute atomic E-state index is 10.7. The number of nitrogen functional groups attached to an aromatic ring is 1. The number of hydrogen-bond donors (Lipinski definition) is 3. The van der Waals surface area contributed by atoms with Crippen LogP contribution in [0.1, 0.15) is 11.1 Å². The normalized spacial score (nSPS) is 11.1.